The van der Waals surface area contributed by atoms with Gasteiger partial charge in [-0.2, -0.15) is 0 Å². The topological polar surface area (TPSA) is 69.6 Å². The minimum atomic E-state index is -0.848. The molecule has 4 heteroatoms. The van der Waals surface area contributed by atoms with Crippen molar-refractivity contribution in [2.75, 3.05) is 6.61 Å². The van der Waals surface area contributed by atoms with Crippen molar-refractivity contribution in [3.63, 3.8) is 0 Å². The zero-order valence-electron chi connectivity index (χ0n) is 39.4. The molecule has 60 heavy (non-hydrogen) atoms. The molecule has 0 aromatic rings. The summed E-state index contributed by atoms with van der Waals surface area (Å²) in [6.07, 6.45) is 75.3. The van der Waals surface area contributed by atoms with Crippen LogP contribution in [0.25, 0.3) is 0 Å². The Morgan fingerprint density at radius 2 is 0.733 bits per heavy atom. The van der Waals surface area contributed by atoms with Crippen LogP contribution in [0.4, 0.5) is 0 Å². The molecule has 2 unspecified atom stereocenters. The highest BCUT2D eigenvalue weighted by Gasteiger charge is 2.17. The Hall–Kier alpha value is -2.69. The lowest BCUT2D eigenvalue weighted by atomic mass is 10.0. The summed E-state index contributed by atoms with van der Waals surface area (Å²) in [4.78, 5) is 12.4. The van der Waals surface area contributed by atoms with Gasteiger partial charge in [-0.25, -0.2) is 0 Å². The molecule has 0 aliphatic rings. The summed E-state index contributed by atoms with van der Waals surface area (Å²) in [7, 11) is 0. The third-order valence-corrected chi connectivity index (χ3v) is 11.1. The molecule has 4 nitrogen and oxygen atoms in total. The molecule has 0 fully saturated rings. The lowest BCUT2D eigenvalue weighted by Crippen LogP contribution is -2.45. The summed E-state index contributed by atoms with van der Waals surface area (Å²) in [6.45, 7) is 4.19. The van der Waals surface area contributed by atoms with E-state index < -0.39 is 12.1 Å². The molecule has 0 radical (unpaired) electrons. The first-order chi connectivity index (χ1) is 29.7. The Balaban J connectivity index is 3.61. The number of carbonyl (C=O) groups is 1. The molecule has 0 saturated carbocycles. The molecule has 0 aliphatic heterocycles. The first-order valence-corrected chi connectivity index (χ1v) is 25.5. The monoisotopic (exact) mass is 832 g/mol. The predicted molar refractivity (Wildman–Crippen MR) is 266 cm³/mol. The number of nitrogens with one attached hydrogen (secondary N) is 1. The van der Waals surface area contributed by atoms with Crippen molar-refractivity contribution in [2.45, 2.75) is 244 Å². The number of aliphatic hydroxyl groups is 2. The van der Waals surface area contributed by atoms with Crippen LogP contribution in [0.5, 0.6) is 0 Å². The van der Waals surface area contributed by atoms with Crippen LogP contribution in [0.15, 0.2) is 97.2 Å². The smallest absolute Gasteiger partial charge is 0.220 e. The molecular formula is C56H97NO3. The Kier molecular flexibility index (Phi) is 48.4. The second-order valence-electron chi connectivity index (χ2n) is 16.9. The highest BCUT2D eigenvalue weighted by molar-refractivity contribution is 5.76. The van der Waals surface area contributed by atoms with Crippen molar-refractivity contribution in [1.82, 2.24) is 5.32 Å². The molecule has 0 spiro atoms. The van der Waals surface area contributed by atoms with Crippen molar-refractivity contribution in [3.8, 4) is 0 Å². The van der Waals surface area contributed by atoms with E-state index in [0.29, 0.717) is 6.42 Å². The van der Waals surface area contributed by atoms with E-state index in [1.54, 1.807) is 6.08 Å². The van der Waals surface area contributed by atoms with Gasteiger partial charge in [-0.15, -0.1) is 0 Å². The van der Waals surface area contributed by atoms with Gasteiger partial charge in [0, 0.05) is 6.42 Å². The maximum atomic E-state index is 12.4. The fraction of sp³-hybridized carbons (Fsp3) is 0.696. The van der Waals surface area contributed by atoms with Crippen molar-refractivity contribution in [2.24, 2.45) is 0 Å². The quantitative estimate of drug-likeness (QED) is 0.0423. The number of rotatable bonds is 45. The molecule has 0 bridgehead atoms. The maximum absolute atomic E-state index is 12.4. The van der Waals surface area contributed by atoms with Crippen LogP contribution in [-0.4, -0.2) is 34.9 Å². The van der Waals surface area contributed by atoms with Gasteiger partial charge in [0.25, 0.3) is 0 Å². The van der Waals surface area contributed by atoms with E-state index in [-0.39, 0.29) is 12.5 Å². The van der Waals surface area contributed by atoms with Crippen LogP contribution in [0.2, 0.25) is 0 Å². The minimum absolute atomic E-state index is 0.0738. The minimum Gasteiger partial charge on any atom is -0.394 e. The first-order valence-electron chi connectivity index (χ1n) is 25.5. The molecule has 2 atom stereocenters. The maximum Gasteiger partial charge on any atom is 0.220 e. The third kappa shape index (κ3) is 46.4. The van der Waals surface area contributed by atoms with E-state index in [2.05, 4.69) is 104 Å². The van der Waals surface area contributed by atoms with Gasteiger partial charge in [0.1, 0.15) is 0 Å². The van der Waals surface area contributed by atoms with Crippen LogP contribution < -0.4 is 5.32 Å². The van der Waals surface area contributed by atoms with E-state index in [1.807, 2.05) is 6.08 Å². The first kappa shape index (κ1) is 57.3. The van der Waals surface area contributed by atoms with Crippen LogP contribution >= 0.6 is 0 Å². The largest absolute Gasteiger partial charge is 0.394 e. The molecule has 1 amide bonds. The van der Waals surface area contributed by atoms with Crippen LogP contribution in [0, 0.1) is 0 Å². The second-order valence-corrected chi connectivity index (χ2v) is 16.9. The van der Waals surface area contributed by atoms with Gasteiger partial charge in [0.2, 0.25) is 5.91 Å². The van der Waals surface area contributed by atoms with E-state index in [0.717, 1.165) is 70.6 Å². The Morgan fingerprint density at radius 1 is 0.417 bits per heavy atom. The molecule has 0 saturated heterocycles. The number of hydrogen-bond acceptors (Lipinski definition) is 3. The van der Waals surface area contributed by atoms with Gasteiger partial charge < -0.3 is 15.5 Å². The summed E-state index contributed by atoms with van der Waals surface area (Å²) in [6, 6.07) is -0.632. The SMILES string of the molecule is CC/C=C\C/C=C\C/C=C\C/C=C\C/C=C\C/C=C\C/C=C\CCCCCCCCCCCC(=O)NC(CO)C(O)/C=C/CCCCCCCCCCCCCCCCC. The van der Waals surface area contributed by atoms with Crippen molar-refractivity contribution >= 4 is 5.91 Å². The number of hydrogen-bond donors (Lipinski definition) is 3. The van der Waals surface area contributed by atoms with E-state index >= 15 is 0 Å². The molecule has 3 N–H and O–H groups in total. The van der Waals surface area contributed by atoms with Crippen molar-refractivity contribution < 1.29 is 15.0 Å². The van der Waals surface area contributed by atoms with Gasteiger partial charge in [-0.3, -0.25) is 4.79 Å². The van der Waals surface area contributed by atoms with Gasteiger partial charge in [0.15, 0.2) is 0 Å². The zero-order chi connectivity index (χ0) is 43.5. The number of aliphatic hydroxyl groups excluding tert-OH is 2. The summed E-state index contributed by atoms with van der Waals surface area (Å²) in [5.74, 6) is -0.0738. The highest BCUT2D eigenvalue weighted by atomic mass is 16.3. The summed E-state index contributed by atoms with van der Waals surface area (Å²) in [5, 5.41) is 23.1. The Labute approximate surface area is 373 Å². The highest BCUT2D eigenvalue weighted by Crippen LogP contribution is 2.15. The number of unbranched alkanes of at least 4 members (excludes halogenated alkanes) is 24. The zero-order valence-corrected chi connectivity index (χ0v) is 39.4. The Morgan fingerprint density at radius 3 is 1.10 bits per heavy atom. The fourth-order valence-corrected chi connectivity index (χ4v) is 7.22. The van der Waals surface area contributed by atoms with Crippen LogP contribution in [0.1, 0.15) is 232 Å². The second kappa shape index (κ2) is 50.7. The van der Waals surface area contributed by atoms with Crippen LogP contribution in [-0.2, 0) is 4.79 Å². The van der Waals surface area contributed by atoms with Gasteiger partial charge in [-0.1, -0.05) is 246 Å². The van der Waals surface area contributed by atoms with Crippen molar-refractivity contribution in [1.29, 1.82) is 0 Å². The lowest BCUT2D eigenvalue weighted by Gasteiger charge is -2.20. The van der Waals surface area contributed by atoms with E-state index in [4.69, 9.17) is 0 Å². The molecule has 0 rings (SSSR count). The number of allylic oxidation sites excluding steroid dienone is 15. The summed E-state index contributed by atoms with van der Waals surface area (Å²) < 4.78 is 0. The molecule has 344 valence electrons. The molecule has 0 heterocycles. The van der Waals surface area contributed by atoms with Gasteiger partial charge >= 0.3 is 0 Å². The molecule has 0 aromatic carbocycles. The average Bonchev–Trinajstić information content (AvgIpc) is 3.25. The van der Waals surface area contributed by atoms with Gasteiger partial charge in [-0.05, 0) is 77.0 Å². The third-order valence-electron chi connectivity index (χ3n) is 11.1. The standard InChI is InChI=1S/C56H97NO3/c1-3-5-7-9-11-13-15-17-19-21-22-23-24-25-26-27-28-29-30-31-32-33-34-36-38-40-42-44-46-48-50-52-56(60)57-54(53-58)55(59)51-49-47-45-43-41-39-37-35-20-18-16-14-12-10-8-6-4-2/h5,7,11,13,17,19,22-23,25-26,28-29,31-32,49,51,54-55,58-59H,3-4,6,8-10,12,14-16,18,20-21,24,27,30,33-48,50,52-53H2,1-2H3,(H,57,60)/b7-5-,13-11-,19-17-,23-22-,26-25-,29-28-,32-31-,51-49+. The predicted octanol–water partition coefficient (Wildman–Crippen LogP) is 16.6. The number of amides is 1. The summed E-state index contributed by atoms with van der Waals surface area (Å²) >= 11 is 0. The number of carbonyl (C=O) groups excluding carboxylic acids is 1. The normalized spacial score (nSPS) is 13.7. The van der Waals surface area contributed by atoms with E-state index in [9.17, 15) is 15.0 Å². The Bertz CT molecular complexity index is 1130. The van der Waals surface area contributed by atoms with E-state index in [1.165, 1.54) is 141 Å². The summed E-state index contributed by atoms with van der Waals surface area (Å²) in [5.41, 5.74) is 0. The lowest BCUT2D eigenvalue weighted by molar-refractivity contribution is -0.123. The average molecular weight is 832 g/mol. The molecular weight excluding hydrogens is 735 g/mol. The van der Waals surface area contributed by atoms with Gasteiger partial charge in [0.05, 0.1) is 18.8 Å². The fourth-order valence-electron chi connectivity index (χ4n) is 7.22. The van der Waals surface area contributed by atoms with Crippen molar-refractivity contribution in [3.05, 3.63) is 97.2 Å². The molecule has 0 aromatic heterocycles. The molecule has 0 aliphatic carbocycles. The van der Waals surface area contributed by atoms with Crippen LogP contribution in [0.3, 0.4) is 0 Å².